The molecule has 2 saturated heterocycles. The molecule has 5 heteroatoms. The monoisotopic (exact) mass is 358 g/mol. The Morgan fingerprint density at radius 3 is 2.85 bits per heavy atom. The van der Waals surface area contributed by atoms with Gasteiger partial charge in [0.2, 0.25) is 5.91 Å². The molecule has 2 heterocycles. The number of carbonyl (C=O) groups excluding carboxylic acids is 2. The minimum Gasteiger partial charge on any atom is -0.508 e. The van der Waals surface area contributed by atoms with Gasteiger partial charge < -0.3 is 14.9 Å². The number of rotatable bonds is 4. The van der Waals surface area contributed by atoms with Gasteiger partial charge in [0.25, 0.3) is 5.91 Å². The van der Waals surface area contributed by atoms with E-state index in [0.717, 1.165) is 51.7 Å². The fourth-order valence-electron chi connectivity index (χ4n) is 4.39. The average molecular weight is 358 g/mol. The number of hydrogen-bond acceptors (Lipinski definition) is 3. The van der Waals surface area contributed by atoms with E-state index in [1.807, 2.05) is 9.80 Å². The molecule has 1 aromatic rings. The van der Waals surface area contributed by atoms with Gasteiger partial charge in [-0.3, -0.25) is 9.59 Å². The van der Waals surface area contributed by atoms with Gasteiger partial charge in [-0.1, -0.05) is 19.4 Å². The van der Waals surface area contributed by atoms with Gasteiger partial charge in [0.1, 0.15) is 5.75 Å². The number of amides is 2. The average Bonchev–Trinajstić information content (AvgIpc) is 2.64. The van der Waals surface area contributed by atoms with Gasteiger partial charge in [0, 0.05) is 49.1 Å². The zero-order valence-corrected chi connectivity index (χ0v) is 16.0. The highest BCUT2D eigenvalue weighted by atomic mass is 16.3. The molecule has 2 aliphatic rings. The molecule has 1 spiro atoms. The van der Waals surface area contributed by atoms with E-state index < -0.39 is 0 Å². The van der Waals surface area contributed by atoms with Crippen molar-refractivity contribution < 1.29 is 14.7 Å². The third-order valence-electron chi connectivity index (χ3n) is 6.01. The van der Waals surface area contributed by atoms with Crippen LogP contribution in [0.5, 0.6) is 5.75 Å². The summed E-state index contributed by atoms with van der Waals surface area (Å²) in [6.07, 6.45) is 5.63. The molecule has 0 unspecified atom stereocenters. The van der Waals surface area contributed by atoms with Crippen molar-refractivity contribution in [1.29, 1.82) is 0 Å². The number of hydrogen-bond donors (Lipinski definition) is 1. The molecule has 0 bridgehead atoms. The minimum absolute atomic E-state index is 0.00511. The number of aromatic hydroxyl groups is 1. The summed E-state index contributed by atoms with van der Waals surface area (Å²) >= 11 is 0. The molecular formula is C21H30N2O3. The molecule has 2 amide bonds. The van der Waals surface area contributed by atoms with Crippen LogP contribution in [0, 0.1) is 12.3 Å². The number of unbranched alkanes of at least 4 members (excludes halogenated alkanes) is 1. The van der Waals surface area contributed by atoms with Crippen molar-refractivity contribution in [1.82, 2.24) is 9.80 Å². The van der Waals surface area contributed by atoms with E-state index in [-0.39, 0.29) is 23.0 Å². The molecule has 1 atom stereocenters. The van der Waals surface area contributed by atoms with Crippen molar-refractivity contribution in [2.45, 2.75) is 52.4 Å². The van der Waals surface area contributed by atoms with Gasteiger partial charge in [-0.15, -0.1) is 0 Å². The highest BCUT2D eigenvalue weighted by molar-refractivity contribution is 5.96. The predicted octanol–water partition coefficient (Wildman–Crippen LogP) is 3.35. The molecule has 0 radical (unpaired) electrons. The first-order valence-electron chi connectivity index (χ1n) is 9.81. The van der Waals surface area contributed by atoms with Gasteiger partial charge in [-0.2, -0.15) is 0 Å². The number of nitrogens with zero attached hydrogens (tertiary/aromatic N) is 2. The van der Waals surface area contributed by atoms with Crippen molar-refractivity contribution >= 4 is 11.8 Å². The lowest BCUT2D eigenvalue weighted by molar-refractivity contribution is -0.139. The van der Waals surface area contributed by atoms with E-state index in [1.54, 1.807) is 25.1 Å². The highest BCUT2D eigenvalue weighted by Gasteiger charge is 2.42. The maximum absolute atomic E-state index is 13.1. The smallest absolute Gasteiger partial charge is 0.254 e. The van der Waals surface area contributed by atoms with E-state index in [9.17, 15) is 14.7 Å². The first-order valence-corrected chi connectivity index (χ1v) is 9.81. The lowest BCUT2D eigenvalue weighted by Crippen LogP contribution is -2.55. The molecule has 2 aliphatic heterocycles. The Morgan fingerprint density at radius 1 is 1.27 bits per heavy atom. The first kappa shape index (κ1) is 18.7. The van der Waals surface area contributed by atoms with Crippen LogP contribution in [-0.2, 0) is 4.79 Å². The van der Waals surface area contributed by atoms with Crippen LogP contribution >= 0.6 is 0 Å². The molecule has 0 aromatic heterocycles. The van der Waals surface area contributed by atoms with Crippen molar-refractivity contribution in [2.75, 3.05) is 26.2 Å². The van der Waals surface area contributed by atoms with Crippen LogP contribution in [0.4, 0.5) is 0 Å². The summed E-state index contributed by atoms with van der Waals surface area (Å²) in [6, 6.07) is 5.12. The van der Waals surface area contributed by atoms with Crippen molar-refractivity contribution in [3.8, 4) is 5.75 Å². The minimum atomic E-state index is -0.00511. The van der Waals surface area contributed by atoms with Gasteiger partial charge >= 0.3 is 0 Å². The molecule has 26 heavy (non-hydrogen) atoms. The summed E-state index contributed by atoms with van der Waals surface area (Å²) in [7, 11) is 0. The van der Waals surface area contributed by atoms with Gasteiger partial charge in [-0.25, -0.2) is 0 Å². The number of benzene rings is 1. The first-order chi connectivity index (χ1) is 12.5. The molecule has 3 rings (SSSR count). The van der Waals surface area contributed by atoms with Gasteiger partial charge in [-0.05, 0) is 44.7 Å². The molecule has 142 valence electrons. The third-order valence-corrected chi connectivity index (χ3v) is 6.01. The van der Waals surface area contributed by atoms with Crippen LogP contribution in [0.2, 0.25) is 0 Å². The van der Waals surface area contributed by atoms with Crippen LogP contribution < -0.4 is 0 Å². The summed E-state index contributed by atoms with van der Waals surface area (Å²) < 4.78 is 0. The Bertz CT molecular complexity index is 688. The van der Waals surface area contributed by atoms with Crippen LogP contribution in [0.3, 0.4) is 0 Å². The molecule has 5 nitrogen and oxygen atoms in total. The molecule has 0 aliphatic carbocycles. The van der Waals surface area contributed by atoms with E-state index >= 15 is 0 Å². The highest BCUT2D eigenvalue weighted by Crippen LogP contribution is 2.39. The zero-order valence-electron chi connectivity index (χ0n) is 16.0. The number of piperidine rings is 2. The van der Waals surface area contributed by atoms with E-state index in [2.05, 4.69) is 6.92 Å². The zero-order chi connectivity index (χ0) is 18.7. The van der Waals surface area contributed by atoms with Gasteiger partial charge in [0.15, 0.2) is 0 Å². The Balaban J connectivity index is 1.75. The number of phenolic OH excluding ortho intramolecular Hbond substituents is 1. The predicted molar refractivity (Wildman–Crippen MR) is 101 cm³/mol. The third kappa shape index (κ3) is 3.71. The summed E-state index contributed by atoms with van der Waals surface area (Å²) in [5, 5.41) is 9.92. The van der Waals surface area contributed by atoms with Crippen LogP contribution in [0.15, 0.2) is 18.2 Å². The molecule has 1 N–H and O–H groups in total. The Hall–Kier alpha value is -2.04. The maximum atomic E-state index is 13.1. The molecule has 0 saturated carbocycles. The SMILES string of the molecule is CCCCN1C[C@]2(CCCN(C(=O)c3cccc(O)c3C)C2)CCC1=O. The van der Waals surface area contributed by atoms with E-state index in [0.29, 0.717) is 24.1 Å². The summed E-state index contributed by atoms with van der Waals surface area (Å²) in [5.41, 5.74) is 1.25. The van der Waals surface area contributed by atoms with E-state index in [4.69, 9.17) is 0 Å². The topological polar surface area (TPSA) is 60.9 Å². The van der Waals surface area contributed by atoms with Crippen LogP contribution in [0.1, 0.15) is 61.4 Å². The Kier molecular flexibility index (Phi) is 5.54. The Labute approximate surface area is 156 Å². The Morgan fingerprint density at radius 2 is 2.08 bits per heavy atom. The van der Waals surface area contributed by atoms with E-state index in [1.165, 1.54) is 0 Å². The normalized spacial score (nSPS) is 23.5. The lowest BCUT2D eigenvalue weighted by atomic mass is 9.73. The van der Waals surface area contributed by atoms with Gasteiger partial charge in [0.05, 0.1) is 0 Å². The summed E-state index contributed by atoms with van der Waals surface area (Å²) in [5.74, 6) is 0.419. The standard InChI is InChI=1S/C21H30N2O3/c1-3-4-12-22-14-21(11-9-19(22)25)10-6-13-23(15-21)20(26)17-7-5-8-18(24)16(17)2/h5,7-8,24H,3-4,6,9-15H2,1-2H3/t21-/m0/s1. The number of phenols is 1. The molecule has 2 fully saturated rings. The fourth-order valence-corrected chi connectivity index (χ4v) is 4.39. The fraction of sp³-hybridized carbons (Fsp3) is 0.619. The van der Waals surface area contributed by atoms with Crippen molar-refractivity contribution in [3.63, 3.8) is 0 Å². The largest absolute Gasteiger partial charge is 0.508 e. The van der Waals surface area contributed by atoms with Crippen LogP contribution in [0.25, 0.3) is 0 Å². The lowest BCUT2D eigenvalue weighted by Gasteiger charge is -2.48. The summed E-state index contributed by atoms with van der Waals surface area (Å²) in [6.45, 7) is 6.98. The molecular weight excluding hydrogens is 328 g/mol. The van der Waals surface area contributed by atoms with Crippen molar-refractivity contribution in [2.24, 2.45) is 5.41 Å². The quantitative estimate of drug-likeness (QED) is 0.898. The maximum Gasteiger partial charge on any atom is 0.254 e. The van der Waals surface area contributed by atoms with Crippen LogP contribution in [-0.4, -0.2) is 52.9 Å². The number of likely N-dealkylation sites (tertiary alicyclic amines) is 2. The molecule has 1 aromatic carbocycles. The second kappa shape index (κ2) is 7.68. The number of carbonyl (C=O) groups is 2. The second-order valence-corrected chi connectivity index (χ2v) is 7.95. The summed E-state index contributed by atoms with van der Waals surface area (Å²) in [4.78, 5) is 29.3. The van der Waals surface area contributed by atoms with Crippen molar-refractivity contribution in [3.05, 3.63) is 29.3 Å². The second-order valence-electron chi connectivity index (χ2n) is 7.95.